The highest BCUT2D eigenvalue weighted by Gasteiger charge is 2.43. The van der Waals surface area contributed by atoms with Crippen molar-refractivity contribution in [3.05, 3.63) is 52.9 Å². The Morgan fingerprint density at radius 3 is 2.81 bits per heavy atom. The minimum atomic E-state index is -0.749. The van der Waals surface area contributed by atoms with E-state index in [0.717, 1.165) is 27.8 Å². The van der Waals surface area contributed by atoms with Crippen LogP contribution in [0.15, 0.2) is 36.7 Å². The van der Waals surface area contributed by atoms with Gasteiger partial charge in [0.2, 0.25) is 0 Å². The van der Waals surface area contributed by atoms with E-state index in [0.29, 0.717) is 5.15 Å². The van der Waals surface area contributed by atoms with E-state index < -0.39 is 11.7 Å². The van der Waals surface area contributed by atoms with Crippen LogP contribution in [0.25, 0.3) is 10.9 Å². The molecule has 1 aliphatic rings. The van der Waals surface area contributed by atoms with Crippen LogP contribution in [0.4, 0.5) is 0 Å². The number of benzene rings is 1. The van der Waals surface area contributed by atoms with Crippen molar-refractivity contribution in [3.8, 4) is 5.75 Å². The molecule has 3 unspecified atom stereocenters. The molecular weight excluding hydrogens is 364 g/mol. The molecular formula is C20H23ClN4O2. The molecule has 3 heterocycles. The minimum absolute atomic E-state index is 0.105. The number of pyridine rings is 1. The second-order valence-electron chi connectivity index (χ2n) is 7.63. The van der Waals surface area contributed by atoms with Crippen LogP contribution < -0.4 is 10.1 Å². The molecule has 0 saturated carbocycles. The van der Waals surface area contributed by atoms with E-state index in [1.807, 2.05) is 62.8 Å². The Hall–Kier alpha value is -2.15. The summed E-state index contributed by atoms with van der Waals surface area (Å²) in [6.07, 6.45) is 2.77. The average molecular weight is 387 g/mol. The van der Waals surface area contributed by atoms with Crippen LogP contribution in [0.5, 0.6) is 5.75 Å². The Morgan fingerprint density at radius 1 is 1.33 bits per heavy atom. The molecule has 0 aliphatic carbocycles. The molecule has 7 heteroatoms. The topological polar surface area (TPSA) is 72.2 Å². The fourth-order valence-corrected chi connectivity index (χ4v) is 3.92. The summed E-state index contributed by atoms with van der Waals surface area (Å²) in [5.41, 5.74) is 1.95. The van der Waals surface area contributed by atoms with E-state index in [1.54, 1.807) is 6.20 Å². The van der Waals surface area contributed by atoms with Crippen molar-refractivity contribution >= 4 is 22.5 Å². The van der Waals surface area contributed by atoms with Crippen molar-refractivity contribution in [1.82, 2.24) is 20.1 Å². The molecule has 0 amide bonds. The van der Waals surface area contributed by atoms with Crippen molar-refractivity contribution < 1.29 is 9.84 Å². The number of aliphatic hydroxyl groups is 1. The Balaban J connectivity index is 1.82. The van der Waals surface area contributed by atoms with E-state index >= 15 is 0 Å². The number of aromatic nitrogens is 3. The van der Waals surface area contributed by atoms with Crippen molar-refractivity contribution in [2.45, 2.75) is 51.6 Å². The van der Waals surface area contributed by atoms with Crippen LogP contribution in [0.2, 0.25) is 5.15 Å². The van der Waals surface area contributed by atoms with Gasteiger partial charge in [0.05, 0.1) is 17.7 Å². The Morgan fingerprint density at radius 2 is 2.11 bits per heavy atom. The second-order valence-corrected chi connectivity index (χ2v) is 8.01. The molecule has 6 nitrogen and oxygen atoms in total. The molecule has 27 heavy (non-hydrogen) atoms. The smallest absolute Gasteiger partial charge is 0.131 e. The molecule has 2 aromatic heterocycles. The quantitative estimate of drug-likeness (QED) is 0.670. The average Bonchev–Trinajstić information content (AvgIpc) is 3.12. The maximum Gasteiger partial charge on any atom is 0.131 e. The first-order valence-electron chi connectivity index (χ1n) is 8.99. The standard InChI is InChI=1S/C20H23ClN4O2/c1-11-8-17(21)24-15-9-14-16(10-13(11)15)27-20(3,4)19(26)18(14)23-12(2)25-7-5-6-22-25/h5-10,12,18-19,23,26H,1-4H3. The van der Waals surface area contributed by atoms with Gasteiger partial charge in [-0.3, -0.25) is 10.00 Å². The lowest BCUT2D eigenvalue weighted by atomic mass is 9.85. The first-order valence-corrected chi connectivity index (χ1v) is 9.37. The van der Waals surface area contributed by atoms with Gasteiger partial charge in [-0.2, -0.15) is 5.10 Å². The largest absolute Gasteiger partial charge is 0.485 e. The lowest BCUT2D eigenvalue weighted by molar-refractivity contribution is -0.0679. The number of fused-ring (bicyclic) bond motifs is 2. The summed E-state index contributed by atoms with van der Waals surface area (Å²) in [5.74, 6) is 0.746. The predicted octanol–water partition coefficient (Wildman–Crippen LogP) is 3.77. The molecule has 0 spiro atoms. The SMILES string of the molecule is Cc1cc(Cl)nc2cc3c(cc12)OC(C)(C)C(O)C3NC(C)n1cccn1. The highest BCUT2D eigenvalue weighted by atomic mass is 35.5. The van der Waals surface area contributed by atoms with Crippen LogP contribution in [-0.4, -0.2) is 31.6 Å². The van der Waals surface area contributed by atoms with Crippen molar-refractivity contribution in [3.63, 3.8) is 0 Å². The predicted molar refractivity (Wildman–Crippen MR) is 105 cm³/mol. The second kappa shape index (κ2) is 6.48. The number of hydrogen-bond donors (Lipinski definition) is 2. The van der Waals surface area contributed by atoms with Crippen LogP contribution in [0.1, 0.15) is 44.1 Å². The van der Waals surface area contributed by atoms with E-state index in [-0.39, 0.29) is 12.2 Å². The van der Waals surface area contributed by atoms with Crippen LogP contribution in [0, 0.1) is 6.92 Å². The molecule has 0 fully saturated rings. The zero-order chi connectivity index (χ0) is 19.3. The first kappa shape index (κ1) is 18.2. The fourth-order valence-electron chi connectivity index (χ4n) is 3.67. The number of rotatable bonds is 3. The Kier molecular flexibility index (Phi) is 4.37. The number of nitrogens with one attached hydrogen (secondary N) is 1. The molecule has 4 rings (SSSR count). The monoisotopic (exact) mass is 386 g/mol. The number of ether oxygens (including phenoxy) is 1. The van der Waals surface area contributed by atoms with Gasteiger partial charge < -0.3 is 9.84 Å². The maximum atomic E-state index is 11.0. The molecule has 3 atom stereocenters. The molecule has 1 aromatic carbocycles. The number of halogens is 1. The molecule has 0 bridgehead atoms. The Bertz CT molecular complexity index is 987. The van der Waals surface area contributed by atoms with Gasteiger partial charge in [-0.1, -0.05) is 11.6 Å². The lowest BCUT2D eigenvalue weighted by Crippen LogP contribution is -2.53. The summed E-state index contributed by atoms with van der Waals surface area (Å²) in [5, 5.41) is 20.2. The van der Waals surface area contributed by atoms with Gasteiger partial charge in [-0.05, 0) is 57.5 Å². The van der Waals surface area contributed by atoms with Gasteiger partial charge in [-0.25, -0.2) is 4.98 Å². The third-order valence-electron chi connectivity index (χ3n) is 5.19. The summed E-state index contributed by atoms with van der Waals surface area (Å²) in [7, 11) is 0. The maximum absolute atomic E-state index is 11.0. The lowest BCUT2D eigenvalue weighted by Gasteiger charge is -2.43. The van der Waals surface area contributed by atoms with E-state index in [4.69, 9.17) is 16.3 Å². The molecule has 0 radical (unpaired) electrons. The molecule has 0 saturated heterocycles. The number of aryl methyl sites for hydroxylation is 1. The minimum Gasteiger partial charge on any atom is -0.485 e. The third kappa shape index (κ3) is 3.18. The zero-order valence-electron chi connectivity index (χ0n) is 15.8. The Labute approximate surface area is 163 Å². The number of nitrogens with zero attached hydrogens (tertiary/aromatic N) is 3. The fraction of sp³-hybridized carbons (Fsp3) is 0.400. The normalized spacial score (nSPS) is 22.3. The highest BCUT2D eigenvalue weighted by molar-refractivity contribution is 6.29. The summed E-state index contributed by atoms with van der Waals surface area (Å²) in [4.78, 5) is 4.45. The summed E-state index contributed by atoms with van der Waals surface area (Å²) >= 11 is 6.15. The number of aliphatic hydroxyl groups excluding tert-OH is 1. The highest BCUT2D eigenvalue weighted by Crippen LogP contribution is 2.42. The molecule has 1 aliphatic heterocycles. The van der Waals surface area contributed by atoms with Gasteiger partial charge in [-0.15, -0.1) is 0 Å². The van der Waals surface area contributed by atoms with Gasteiger partial charge >= 0.3 is 0 Å². The summed E-state index contributed by atoms with van der Waals surface area (Å²) in [6.45, 7) is 7.79. The van der Waals surface area contributed by atoms with Crippen LogP contribution >= 0.6 is 11.6 Å². The van der Waals surface area contributed by atoms with Crippen molar-refractivity contribution in [1.29, 1.82) is 0 Å². The molecule has 2 N–H and O–H groups in total. The zero-order valence-corrected chi connectivity index (χ0v) is 16.5. The first-order chi connectivity index (χ1) is 12.8. The summed E-state index contributed by atoms with van der Waals surface area (Å²) in [6, 6.07) is 7.32. The van der Waals surface area contributed by atoms with E-state index in [9.17, 15) is 5.11 Å². The summed E-state index contributed by atoms with van der Waals surface area (Å²) < 4.78 is 7.97. The van der Waals surface area contributed by atoms with Gasteiger partial charge in [0.1, 0.15) is 22.6 Å². The van der Waals surface area contributed by atoms with Gasteiger partial charge in [0.25, 0.3) is 0 Å². The van der Waals surface area contributed by atoms with Crippen molar-refractivity contribution in [2.75, 3.05) is 0 Å². The third-order valence-corrected chi connectivity index (χ3v) is 5.39. The molecule has 3 aromatic rings. The molecule has 142 valence electrons. The van der Waals surface area contributed by atoms with Crippen LogP contribution in [-0.2, 0) is 0 Å². The van der Waals surface area contributed by atoms with E-state index in [2.05, 4.69) is 15.4 Å². The van der Waals surface area contributed by atoms with Gasteiger partial charge in [0, 0.05) is 23.3 Å². The van der Waals surface area contributed by atoms with E-state index in [1.165, 1.54) is 0 Å². The number of hydrogen-bond acceptors (Lipinski definition) is 5. The van der Waals surface area contributed by atoms with Crippen LogP contribution in [0.3, 0.4) is 0 Å². The van der Waals surface area contributed by atoms with Crippen molar-refractivity contribution in [2.24, 2.45) is 0 Å². The van der Waals surface area contributed by atoms with Gasteiger partial charge in [0.15, 0.2) is 0 Å².